The number of hydrogen-bond acceptors (Lipinski definition) is 3. The lowest BCUT2D eigenvalue weighted by Crippen LogP contribution is -2.40. The lowest BCUT2D eigenvalue weighted by molar-refractivity contribution is 0.191. The number of hydrogen-bond donors (Lipinski definition) is 1. The molecule has 0 bridgehead atoms. The quantitative estimate of drug-likeness (QED) is 0.944. The van der Waals surface area contributed by atoms with Crippen molar-refractivity contribution in [3.05, 3.63) is 53.4 Å². The van der Waals surface area contributed by atoms with E-state index in [0.717, 1.165) is 37.3 Å². The molecule has 1 atom stereocenters. The molecular weight excluding hydrogens is 278 g/mol. The largest absolute Gasteiger partial charge is 0.361 e. The van der Waals surface area contributed by atoms with E-state index >= 15 is 0 Å². The highest BCUT2D eigenvalue weighted by molar-refractivity contribution is 5.75. The van der Waals surface area contributed by atoms with Crippen molar-refractivity contribution < 1.29 is 9.32 Å². The fraction of sp³-hybridized carbons (Fsp3) is 0.412. The number of nitrogens with one attached hydrogen (secondary N) is 1. The summed E-state index contributed by atoms with van der Waals surface area (Å²) in [6, 6.07) is 12.1. The number of aromatic nitrogens is 1. The lowest BCUT2D eigenvalue weighted by Gasteiger charge is -2.23. The van der Waals surface area contributed by atoms with Crippen molar-refractivity contribution in [1.82, 2.24) is 15.4 Å². The van der Waals surface area contributed by atoms with Crippen molar-refractivity contribution >= 4 is 6.03 Å². The molecule has 116 valence electrons. The van der Waals surface area contributed by atoms with E-state index in [2.05, 4.69) is 22.6 Å². The van der Waals surface area contributed by atoms with Crippen LogP contribution < -0.4 is 5.32 Å². The van der Waals surface area contributed by atoms with Gasteiger partial charge < -0.3 is 14.7 Å². The Morgan fingerprint density at radius 3 is 2.95 bits per heavy atom. The van der Waals surface area contributed by atoms with E-state index in [9.17, 15) is 4.79 Å². The van der Waals surface area contributed by atoms with Gasteiger partial charge in [0, 0.05) is 19.2 Å². The first-order chi connectivity index (χ1) is 10.7. The van der Waals surface area contributed by atoms with Gasteiger partial charge in [0.05, 0.1) is 6.04 Å². The summed E-state index contributed by atoms with van der Waals surface area (Å²) < 4.78 is 5.14. The Hall–Kier alpha value is -2.30. The molecule has 0 saturated carbocycles. The second-order valence-corrected chi connectivity index (χ2v) is 5.68. The average molecular weight is 299 g/mol. The number of nitrogens with zero attached hydrogens (tertiary/aromatic N) is 2. The van der Waals surface area contributed by atoms with Crippen molar-refractivity contribution in [3.63, 3.8) is 0 Å². The van der Waals surface area contributed by atoms with Crippen LogP contribution in [0, 0.1) is 6.92 Å². The molecule has 2 aromatic rings. The fourth-order valence-electron chi connectivity index (χ4n) is 2.92. The highest BCUT2D eigenvalue weighted by atomic mass is 16.5. The Balaban J connectivity index is 1.55. The molecule has 0 spiro atoms. The van der Waals surface area contributed by atoms with Gasteiger partial charge in [0.15, 0.2) is 0 Å². The van der Waals surface area contributed by atoms with Crippen LogP contribution in [0.4, 0.5) is 4.79 Å². The molecule has 22 heavy (non-hydrogen) atoms. The van der Waals surface area contributed by atoms with Gasteiger partial charge in [-0.15, -0.1) is 0 Å². The molecule has 1 fully saturated rings. The van der Waals surface area contributed by atoms with Crippen molar-refractivity contribution in [1.29, 1.82) is 0 Å². The minimum atomic E-state index is -0.0147. The summed E-state index contributed by atoms with van der Waals surface area (Å²) in [4.78, 5) is 14.2. The van der Waals surface area contributed by atoms with Crippen LogP contribution in [0.2, 0.25) is 0 Å². The zero-order valence-electron chi connectivity index (χ0n) is 12.8. The topological polar surface area (TPSA) is 58.4 Å². The van der Waals surface area contributed by atoms with Gasteiger partial charge in [0.2, 0.25) is 0 Å². The maximum Gasteiger partial charge on any atom is 0.317 e. The van der Waals surface area contributed by atoms with Crippen LogP contribution in [0.25, 0.3) is 0 Å². The van der Waals surface area contributed by atoms with Gasteiger partial charge in [-0.2, -0.15) is 0 Å². The highest BCUT2D eigenvalue weighted by Gasteiger charge is 2.31. The standard InChI is InChI=1S/C17H21N3O2/c1-13-12-15(19-22-13)16-8-5-11-20(16)17(21)18-10-9-14-6-3-2-4-7-14/h2-4,6-7,12,16H,5,8-11H2,1H3,(H,18,21)/t16-/m1/s1. The molecule has 0 aliphatic carbocycles. The number of rotatable bonds is 4. The molecule has 1 saturated heterocycles. The summed E-state index contributed by atoms with van der Waals surface area (Å²) in [5.41, 5.74) is 2.08. The number of carbonyl (C=O) groups excluding carboxylic acids is 1. The Bertz CT molecular complexity index is 624. The summed E-state index contributed by atoms with van der Waals surface area (Å²) in [7, 11) is 0. The Kier molecular flexibility index (Phi) is 4.42. The molecule has 1 aromatic heterocycles. The van der Waals surface area contributed by atoms with Crippen LogP contribution in [0.15, 0.2) is 40.9 Å². The van der Waals surface area contributed by atoms with Gasteiger partial charge >= 0.3 is 6.03 Å². The number of likely N-dealkylation sites (tertiary alicyclic amines) is 1. The monoisotopic (exact) mass is 299 g/mol. The number of aryl methyl sites for hydroxylation is 1. The highest BCUT2D eigenvalue weighted by Crippen LogP contribution is 2.31. The first-order valence-corrected chi connectivity index (χ1v) is 7.75. The minimum absolute atomic E-state index is 0.0147. The number of amides is 2. The first-order valence-electron chi connectivity index (χ1n) is 7.75. The summed E-state index contributed by atoms with van der Waals surface area (Å²) >= 11 is 0. The molecule has 0 unspecified atom stereocenters. The summed E-state index contributed by atoms with van der Waals surface area (Å²) in [5, 5.41) is 7.07. The van der Waals surface area contributed by atoms with Crippen LogP contribution >= 0.6 is 0 Å². The van der Waals surface area contributed by atoms with Crippen molar-refractivity contribution in [2.75, 3.05) is 13.1 Å². The van der Waals surface area contributed by atoms with E-state index < -0.39 is 0 Å². The summed E-state index contributed by atoms with van der Waals surface area (Å²) in [5.74, 6) is 0.784. The molecule has 0 radical (unpaired) electrons. The Morgan fingerprint density at radius 1 is 1.41 bits per heavy atom. The average Bonchev–Trinajstić information content (AvgIpc) is 3.16. The molecule has 2 amide bonds. The van der Waals surface area contributed by atoms with Gasteiger partial charge in [0.1, 0.15) is 11.5 Å². The molecule has 5 nitrogen and oxygen atoms in total. The predicted molar refractivity (Wildman–Crippen MR) is 83.5 cm³/mol. The normalized spacial score (nSPS) is 17.7. The van der Waals surface area contributed by atoms with Crippen LogP contribution in [-0.4, -0.2) is 29.2 Å². The molecule has 1 aliphatic heterocycles. The second-order valence-electron chi connectivity index (χ2n) is 5.68. The fourth-order valence-corrected chi connectivity index (χ4v) is 2.92. The van der Waals surface area contributed by atoms with Crippen LogP contribution in [0.1, 0.15) is 35.9 Å². The van der Waals surface area contributed by atoms with E-state index in [1.54, 1.807) is 0 Å². The summed E-state index contributed by atoms with van der Waals surface area (Å²) in [6.45, 7) is 3.29. The third kappa shape index (κ3) is 3.30. The number of carbonyl (C=O) groups is 1. The first kappa shape index (κ1) is 14.6. The van der Waals surface area contributed by atoms with E-state index in [1.807, 2.05) is 36.1 Å². The van der Waals surface area contributed by atoms with E-state index in [4.69, 9.17) is 4.52 Å². The van der Waals surface area contributed by atoms with Gasteiger partial charge in [-0.3, -0.25) is 0 Å². The Labute approximate surface area is 130 Å². The molecule has 3 rings (SSSR count). The van der Waals surface area contributed by atoms with E-state index in [-0.39, 0.29) is 12.1 Å². The minimum Gasteiger partial charge on any atom is -0.361 e. The SMILES string of the molecule is Cc1cc([C@H]2CCCN2C(=O)NCCc2ccccc2)no1. The molecule has 5 heteroatoms. The molecule has 1 aliphatic rings. The van der Waals surface area contributed by atoms with Crippen LogP contribution in [0.5, 0.6) is 0 Å². The number of benzene rings is 1. The summed E-state index contributed by atoms with van der Waals surface area (Å²) in [6.07, 6.45) is 2.79. The van der Waals surface area contributed by atoms with Crippen LogP contribution in [-0.2, 0) is 6.42 Å². The maximum atomic E-state index is 12.4. The number of urea groups is 1. The lowest BCUT2D eigenvalue weighted by atomic mass is 10.1. The predicted octanol–water partition coefficient (Wildman–Crippen LogP) is 3.07. The van der Waals surface area contributed by atoms with Crippen LogP contribution in [0.3, 0.4) is 0 Å². The van der Waals surface area contributed by atoms with Gasteiger partial charge in [-0.1, -0.05) is 35.5 Å². The zero-order chi connectivity index (χ0) is 15.4. The molecule has 2 heterocycles. The van der Waals surface area contributed by atoms with E-state index in [1.165, 1.54) is 5.56 Å². The zero-order valence-corrected chi connectivity index (χ0v) is 12.8. The van der Waals surface area contributed by atoms with Crippen molar-refractivity contribution in [3.8, 4) is 0 Å². The molecule has 1 N–H and O–H groups in total. The third-order valence-electron chi connectivity index (χ3n) is 4.03. The second kappa shape index (κ2) is 6.64. The van der Waals surface area contributed by atoms with Crippen molar-refractivity contribution in [2.24, 2.45) is 0 Å². The van der Waals surface area contributed by atoms with Gasteiger partial charge in [-0.05, 0) is 31.7 Å². The van der Waals surface area contributed by atoms with Crippen molar-refractivity contribution in [2.45, 2.75) is 32.2 Å². The molecule has 1 aromatic carbocycles. The maximum absolute atomic E-state index is 12.4. The smallest absolute Gasteiger partial charge is 0.317 e. The third-order valence-corrected chi connectivity index (χ3v) is 4.03. The Morgan fingerprint density at radius 2 is 2.23 bits per heavy atom. The van der Waals surface area contributed by atoms with Gasteiger partial charge in [-0.25, -0.2) is 4.79 Å². The van der Waals surface area contributed by atoms with Gasteiger partial charge in [0.25, 0.3) is 0 Å². The molecular formula is C17H21N3O2. The van der Waals surface area contributed by atoms with E-state index in [0.29, 0.717) is 6.54 Å².